The molecule has 0 aromatic heterocycles. The number of carbonyl (C=O) groups excluding carboxylic acids is 1. The topological polar surface area (TPSA) is 64.3 Å². The number of hydrogen-bond donors (Lipinski definition) is 2. The van der Waals surface area contributed by atoms with Crippen LogP contribution in [-0.4, -0.2) is 25.6 Å². The van der Waals surface area contributed by atoms with E-state index in [1.165, 1.54) is 0 Å². The molecule has 0 heterocycles. The quantitative estimate of drug-likeness (QED) is 0.775. The lowest BCUT2D eigenvalue weighted by Crippen LogP contribution is -2.41. The molecule has 21 heavy (non-hydrogen) atoms. The van der Waals surface area contributed by atoms with E-state index in [4.69, 9.17) is 10.5 Å². The summed E-state index contributed by atoms with van der Waals surface area (Å²) in [7, 11) is 1.64. The molecule has 0 radical (unpaired) electrons. The number of halogens is 1. The predicted octanol–water partition coefficient (Wildman–Crippen LogP) is 2.54. The highest BCUT2D eigenvalue weighted by Crippen LogP contribution is 2.12. The minimum atomic E-state index is 0. The summed E-state index contributed by atoms with van der Waals surface area (Å²) in [6.45, 7) is 4.75. The Morgan fingerprint density at radius 1 is 1.29 bits per heavy atom. The van der Waals surface area contributed by atoms with Gasteiger partial charge in [0.2, 0.25) is 5.91 Å². The van der Waals surface area contributed by atoms with E-state index in [0.29, 0.717) is 18.9 Å². The van der Waals surface area contributed by atoms with E-state index >= 15 is 0 Å². The average molecular weight is 315 g/mol. The number of ether oxygens (including phenoxy) is 1. The van der Waals surface area contributed by atoms with E-state index in [1.807, 2.05) is 24.3 Å². The first kappa shape index (κ1) is 19.7. The molecule has 1 unspecified atom stereocenters. The lowest BCUT2D eigenvalue weighted by molar-refractivity contribution is -0.121. The van der Waals surface area contributed by atoms with Gasteiger partial charge in [0.25, 0.3) is 0 Å². The number of hydrogen-bond acceptors (Lipinski definition) is 3. The van der Waals surface area contributed by atoms with Crippen LogP contribution in [0.25, 0.3) is 0 Å². The first-order valence-electron chi connectivity index (χ1n) is 7.17. The summed E-state index contributed by atoms with van der Waals surface area (Å²) in [5.41, 5.74) is 6.81. The van der Waals surface area contributed by atoms with Crippen molar-refractivity contribution in [1.29, 1.82) is 0 Å². The van der Waals surface area contributed by atoms with Crippen LogP contribution in [-0.2, 0) is 11.2 Å². The van der Waals surface area contributed by atoms with Crippen molar-refractivity contribution in [3.8, 4) is 5.75 Å². The number of nitrogens with two attached hydrogens (primary N) is 1. The Hall–Kier alpha value is -1.26. The van der Waals surface area contributed by atoms with Gasteiger partial charge in [0.05, 0.1) is 7.11 Å². The highest BCUT2D eigenvalue weighted by atomic mass is 35.5. The Kier molecular flexibility index (Phi) is 9.84. The van der Waals surface area contributed by atoms with Crippen molar-refractivity contribution in [3.63, 3.8) is 0 Å². The van der Waals surface area contributed by atoms with Crippen molar-refractivity contribution in [2.45, 2.75) is 39.2 Å². The lowest BCUT2D eigenvalue weighted by atomic mass is 10.0. The summed E-state index contributed by atoms with van der Waals surface area (Å²) in [5, 5.41) is 3.00. The van der Waals surface area contributed by atoms with Crippen molar-refractivity contribution >= 4 is 18.3 Å². The van der Waals surface area contributed by atoms with Crippen molar-refractivity contribution in [2.24, 2.45) is 11.7 Å². The number of carbonyl (C=O) groups is 1. The number of aryl methyl sites for hydroxylation is 1. The third-order valence-electron chi connectivity index (χ3n) is 3.21. The molecule has 0 saturated heterocycles. The summed E-state index contributed by atoms with van der Waals surface area (Å²) in [6.07, 6.45) is 2.14. The molecule has 0 saturated carbocycles. The molecule has 5 heteroatoms. The van der Waals surface area contributed by atoms with Gasteiger partial charge in [-0.1, -0.05) is 26.0 Å². The Morgan fingerprint density at radius 3 is 2.38 bits per heavy atom. The van der Waals surface area contributed by atoms with E-state index in [0.717, 1.165) is 24.2 Å². The van der Waals surface area contributed by atoms with E-state index in [1.54, 1.807) is 7.11 Å². The van der Waals surface area contributed by atoms with Crippen molar-refractivity contribution in [3.05, 3.63) is 29.8 Å². The highest BCUT2D eigenvalue weighted by molar-refractivity contribution is 5.85. The summed E-state index contributed by atoms with van der Waals surface area (Å²) >= 11 is 0. The van der Waals surface area contributed by atoms with Gasteiger partial charge in [0, 0.05) is 19.0 Å². The molecule has 0 spiro atoms. The maximum Gasteiger partial charge on any atom is 0.220 e. The molecular weight excluding hydrogens is 288 g/mol. The fraction of sp³-hybridized carbons (Fsp3) is 0.562. The fourth-order valence-electron chi connectivity index (χ4n) is 2.13. The van der Waals surface area contributed by atoms with Gasteiger partial charge in [0.1, 0.15) is 5.75 Å². The number of rotatable bonds is 8. The Labute approximate surface area is 133 Å². The standard InChI is InChI=1S/C16H26N2O2.ClH/c1-12(2)10-14(11-17)18-16(19)9-6-13-4-7-15(20-3)8-5-13;/h4-5,7-8,12,14H,6,9-11,17H2,1-3H3,(H,18,19);1H. The molecule has 1 aromatic rings. The van der Waals surface area contributed by atoms with Crippen LogP contribution in [0.4, 0.5) is 0 Å². The zero-order chi connectivity index (χ0) is 15.0. The van der Waals surface area contributed by atoms with Crippen molar-refractivity contribution in [2.75, 3.05) is 13.7 Å². The molecule has 0 aliphatic rings. The van der Waals surface area contributed by atoms with Crippen LogP contribution in [0.3, 0.4) is 0 Å². The van der Waals surface area contributed by atoms with Crippen LogP contribution >= 0.6 is 12.4 Å². The van der Waals surface area contributed by atoms with Gasteiger partial charge in [-0.25, -0.2) is 0 Å². The third-order valence-corrected chi connectivity index (χ3v) is 3.21. The number of nitrogens with one attached hydrogen (secondary N) is 1. The van der Waals surface area contributed by atoms with Crippen molar-refractivity contribution in [1.82, 2.24) is 5.32 Å². The van der Waals surface area contributed by atoms with E-state index < -0.39 is 0 Å². The monoisotopic (exact) mass is 314 g/mol. The minimum Gasteiger partial charge on any atom is -0.497 e. The normalized spacial score (nSPS) is 11.7. The van der Waals surface area contributed by atoms with Crippen LogP contribution in [0.2, 0.25) is 0 Å². The summed E-state index contributed by atoms with van der Waals surface area (Å²) in [4.78, 5) is 11.9. The largest absolute Gasteiger partial charge is 0.497 e. The number of benzene rings is 1. The van der Waals surface area contributed by atoms with Gasteiger partial charge in [-0.3, -0.25) is 4.79 Å². The number of amides is 1. The van der Waals surface area contributed by atoms with E-state index in [9.17, 15) is 4.79 Å². The molecule has 1 aromatic carbocycles. The van der Waals surface area contributed by atoms with Gasteiger partial charge < -0.3 is 15.8 Å². The number of methoxy groups -OCH3 is 1. The smallest absolute Gasteiger partial charge is 0.220 e. The lowest BCUT2D eigenvalue weighted by Gasteiger charge is -2.18. The van der Waals surface area contributed by atoms with Crippen LogP contribution in [0.1, 0.15) is 32.3 Å². The molecule has 1 amide bonds. The molecule has 0 bridgehead atoms. The van der Waals surface area contributed by atoms with Crippen LogP contribution in [0.15, 0.2) is 24.3 Å². The molecule has 0 aliphatic carbocycles. The van der Waals surface area contributed by atoms with E-state index in [2.05, 4.69) is 19.2 Å². The molecule has 1 rings (SSSR count). The highest BCUT2D eigenvalue weighted by Gasteiger charge is 2.12. The molecule has 120 valence electrons. The van der Waals surface area contributed by atoms with Gasteiger partial charge in [-0.15, -0.1) is 12.4 Å². The zero-order valence-corrected chi connectivity index (χ0v) is 13.9. The molecular formula is C16H27ClN2O2. The Morgan fingerprint density at radius 2 is 1.90 bits per heavy atom. The minimum absolute atomic E-state index is 0. The molecule has 3 N–H and O–H groups in total. The molecule has 0 fully saturated rings. The predicted molar refractivity (Wildman–Crippen MR) is 89.0 cm³/mol. The third kappa shape index (κ3) is 7.93. The molecule has 0 aliphatic heterocycles. The second kappa shape index (κ2) is 10.5. The molecule has 4 nitrogen and oxygen atoms in total. The maximum absolute atomic E-state index is 11.9. The summed E-state index contributed by atoms with van der Waals surface area (Å²) in [5.74, 6) is 1.43. The average Bonchev–Trinajstić information content (AvgIpc) is 2.44. The van der Waals surface area contributed by atoms with Gasteiger partial charge in [-0.2, -0.15) is 0 Å². The van der Waals surface area contributed by atoms with Gasteiger partial charge >= 0.3 is 0 Å². The van der Waals surface area contributed by atoms with Crippen LogP contribution < -0.4 is 15.8 Å². The second-order valence-electron chi connectivity index (χ2n) is 5.48. The zero-order valence-electron chi connectivity index (χ0n) is 13.1. The first-order valence-corrected chi connectivity index (χ1v) is 7.17. The summed E-state index contributed by atoms with van der Waals surface area (Å²) in [6, 6.07) is 7.88. The van der Waals surface area contributed by atoms with Gasteiger partial charge in [0.15, 0.2) is 0 Å². The summed E-state index contributed by atoms with van der Waals surface area (Å²) < 4.78 is 5.11. The maximum atomic E-state index is 11.9. The Bertz CT molecular complexity index is 407. The SMILES string of the molecule is COc1ccc(CCC(=O)NC(CN)CC(C)C)cc1.Cl. The fourth-order valence-corrected chi connectivity index (χ4v) is 2.13. The van der Waals surface area contributed by atoms with E-state index in [-0.39, 0.29) is 24.4 Å². The van der Waals surface area contributed by atoms with Crippen LogP contribution in [0, 0.1) is 5.92 Å². The van der Waals surface area contributed by atoms with Crippen molar-refractivity contribution < 1.29 is 9.53 Å². The van der Waals surface area contributed by atoms with Crippen LogP contribution in [0.5, 0.6) is 5.75 Å². The van der Waals surface area contributed by atoms with Gasteiger partial charge in [-0.05, 0) is 36.5 Å². The second-order valence-corrected chi connectivity index (χ2v) is 5.48. The molecule has 1 atom stereocenters. The Balaban J connectivity index is 0.00000400. The first-order chi connectivity index (χ1) is 9.55.